The lowest BCUT2D eigenvalue weighted by Crippen LogP contribution is -2.38. The van der Waals surface area contributed by atoms with Gasteiger partial charge in [0.2, 0.25) is 0 Å². The number of carbonyl (C=O) groups is 1. The zero-order valence-corrected chi connectivity index (χ0v) is 20.3. The number of hydrogen-bond acceptors (Lipinski definition) is 7. The number of allylic oxidation sites excluding steroid dienone is 2. The molecule has 0 radical (unpaired) electrons. The predicted molar refractivity (Wildman–Crippen MR) is 138 cm³/mol. The molecule has 1 aromatic carbocycles. The maximum absolute atomic E-state index is 12.6. The number of nitrogens with zero attached hydrogens (tertiary/aromatic N) is 2. The Morgan fingerprint density at radius 3 is 2.85 bits per heavy atom. The summed E-state index contributed by atoms with van der Waals surface area (Å²) in [7, 11) is 0. The van der Waals surface area contributed by atoms with Gasteiger partial charge in [-0.3, -0.25) is 9.89 Å². The number of pyridine rings is 1. The topological polar surface area (TPSA) is 104 Å². The fourth-order valence-corrected chi connectivity index (χ4v) is 4.52. The lowest BCUT2D eigenvalue weighted by atomic mass is 10.1. The van der Waals surface area contributed by atoms with Crippen LogP contribution >= 0.6 is 11.8 Å². The SMILES string of the molecule is C=C(NC(=O)c1ccc(Oc2ccnc3[nH]nc(NC4CCCNC4)c23)cc1)S/C(=C\C)CC. The molecule has 1 unspecified atom stereocenters. The van der Waals surface area contributed by atoms with E-state index < -0.39 is 0 Å². The van der Waals surface area contributed by atoms with Gasteiger partial charge >= 0.3 is 0 Å². The van der Waals surface area contributed by atoms with Crippen LogP contribution in [0, 0.1) is 0 Å². The Balaban J connectivity index is 1.45. The summed E-state index contributed by atoms with van der Waals surface area (Å²) in [6.07, 6.45) is 6.82. The number of thioether (sulfide) groups is 1. The molecular formula is C25H30N6O2S. The molecule has 34 heavy (non-hydrogen) atoms. The number of benzene rings is 1. The van der Waals surface area contributed by atoms with Gasteiger partial charge in [-0.1, -0.05) is 31.3 Å². The molecular weight excluding hydrogens is 448 g/mol. The van der Waals surface area contributed by atoms with Crippen LogP contribution in [-0.4, -0.2) is 40.2 Å². The van der Waals surface area contributed by atoms with Gasteiger partial charge in [-0.05, 0) is 61.9 Å². The second-order valence-corrected chi connectivity index (χ2v) is 9.23. The molecule has 0 spiro atoms. The van der Waals surface area contributed by atoms with Crippen molar-refractivity contribution in [3.63, 3.8) is 0 Å². The van der Waals surface area contributed by atoms with Crippen molar-refractivity contribution in [3.05, 3.63) is 64.7 Å². The Morgan fingerprint density at radius 1 is 1.32 bits per heavy atom. The molecule has 8 nitrogen and oxygen atoms in total. The first kappa shape index (κ1) is 23.8. The number of rotatable bonds is 9. The Kier molecular flexibility index (Phi) is 7.87. The molecule has 178 valence electrons. The summed E-state index contributed by atoms with van der Waals surface area (Å²) in [5, 5.41) is 18.5. The highest BCUT2D eigenvalue weighted by Crippen LogP contribution is 2.33. The monoisotopic (exact) mass is 478 g/mol. The third-order valence-electron chi connectivity index (χ3n) is 5.58. The van der Waals surface area contributed by atoms with Crippen molar-refractivity contribution in [2.45, 2.75) is 39.2 Å². The summed E-state index contributed by atoms with van der Waals surface area (Å²) in [6, 6.07) is 9.15. The van der Waals surface area contributed by atoms with E-state index in [1.807, 2.05) is 19.1 Å². The van der Waals surface area contributed by atoms with E-state index in [2.05, 4.69) is 44.6 Å². The van der Waals surface area contributed by atoms with Crippen LogP contribution in [0.5, 0.6) is 11.5 Å². The summed E-state index contributed by atoms with van der Waals surface area (Å²) in [5.74, 6) is 1.78. The molecule has 0 aliphatic carbocycles. The van der Waals surface area contributed by atoms with Crippen LogP contribution < -0.4 is 20.7 Å². The van der Waals surface area contributed by atoms with Crippen LogP contribution in [0.3, 0.4) is 0 Å². The van der Waals surface area contributed by atoms with Gasteiger partial charge in [0.15, 0.2) is 11.5 Å². The number of anilines is 1. The Labute approximate surface area is 203 Å². The highest BCUT2D eigenvalue weighted by atomic mass is 32.2. The quantitative estimate of drug-likeness (QED) is 0.337. The van der Waals surface area contributed by atoms with Gasteiger partial charge in [-0.25, -0.2) is 4.98 Å². The standard InChI is InChI=1S/C25H30N6O2S/c1-4-20(5-2)34-16(3)28-25(32)17-8-10-19(11-9-17)33-21-12-14-27-23-22(21)24(31-30-23)29-18-7-6-13-26-15-18/h4,8-12,14,18,26H,3,5-7,13,15H2,1-2H3,(H,28,32)(H2,27,29,30,31)/b20-4-. The summed E-state index contributed by atoms with van der Waals surface area (Å²) in [4.78, 5) is 18.1. The van der Waals surface area contributed by atoms with Crippen LogP contribution in [0.15, 0.2) is 59.1 Å². The van der Waals surface area contributed by atoms with E-state index in [1.54, 1.807) is 30.5 Å². The molecule has 0 bridgehead atoms. The summed E-state index contributed by atoms with van der Waals surface area (Å²) in [6.45, 7) is 9.94. The Hall–Kier alpha value is -3.30. The maximum Gasteiger partial charge on any atom is 0.256 e. The van der Waals surface area contributed by atoms with Crippen molar-refractivity contribution in [1.29, 1.82) is 0 Å². The van der Waals surface area contributed by atoms with E-state index in [4.69, 9.17) is 4.74 Å². The molecule has 3 aromatic rings. The van der Waals surface area contributed by atoms with Gasteiger partial charge in [0.05, 0.1) is 5.03 Å². The maximum atomic E-state index is 12.6. The lowest BCUT2D eigenvalue weighted by Gasteiger charge is -2.23. The first-order chi connectivity index (χ1) is 16.6. The van der Waals surface area contributed by atoms with E-state index in [0.717, 1.165) is 48.5 Å². The second-order valence-electron chi connectivity index (χ2n) is 8.01. The van der Waals surface area contributed by atoms with Crippen molar-refractivity contribution >= 4 is 34.5 Å². The minimum Gasteiger partial charge on any atom is -0.456 e. The Morgan fingerprint density at radius 2 is 2.15 bits per heavy atom. The van der Waals surface area contributed by atoms with E-state index in [-0.39, 0.29) is 5.91 Å². The average Bonchev–Trinajstić information content (AvgIpc) is 3.27. The van der Waals surface area contributed by atoms with Crippen LogP contribution in [0.2, 0.25) is 0 Å². The number of piperidine rings is 1. The number of amides is 1. The minimum atomic E-state index is -0.204. The number of nitrogens with one attached hydrogen (secondary N) is 4. The zero-order valence-electron chi connectivity index (χ0n) is 19.5. The molecule has 4 N–H and O–H groups in total. The van der Waals surface area contributed by atoms with Crippen molar-refractivity contribution in [1.82, 2.24) is 25.8 Å². The van der Waals surface area contributed by atoms with Gasteiger partial charge in [0, 0.05) is 30.4 Å². The number of hydrogen-bond donors (Lipinski definition) is 4. The number of aromatic amines is 1. The largest absolute Gasteiger partial charge is 0.456 e. The summed E-state index contributed by atoms with van der Waals surface area (Å²) >= 11 is 1.47. The first-order valence-corrected chi connectivity index (χ1v) is 12.3. The van der Waals surface area contributed by atoms with Crippen LogP contribution in [0.25, 0.3) is 11.0 Å². The highest BCUT2D eigenvalue weighted by Gasteiger charge is 2.19. The van der Waals surface area contributed by atoms with Crippen molar-refractivity contribution in [2.24, 2.45) is 0 Å². The predicted octanol–water partition coefficient (Wildman–Crippen LogP) is 5.16. The molecule has 1 amide bonds. The summed E-state index contributed by atoms with van der Waals surface area (Å²) < 4.78 is 6.16. The molecule has 0 saturated carbocycles. The molecule has 1 aliphatic rings. The second kappa shape index (κ2) is 11.2. The molecule has 1 fully saturated rings. The normalized spacial score (nSPS) is 16.3. The van der Waals surface area contributed by atoms with Gasteiger partial charge in [0.1, 0.15) is 16.9 Å². The fraction of sp³-hybridized carbons (Fsp3) is 0.320. The lowest BCUT2D eigenvalue weighted by molar-refractivity contribution is 0.0969. The smallest absolute Gasteiger partial charge is 0.256 e. The van der Waals surface area contributed by atoms with Gasteiger partial charge in [-0.2, -0.15) is 5.10 Å². The molecule has 1 aliphatic heterocycles. The van der Waals surface area contributed by atoms with Crippen LogP contribution in [-0.2, 0) is 0 Å². The minimum absolute atomic E-state index is 0.204. The third kappa shape index (κ3) is 5.78. The van der Waals surface area contributed by atoms with Crippen molar-refractivity contribution in [3.8, 4) is 11.5 Å². The molecule has 2 aromatic heterocycles. The van der Waals surface area contributed by atoms with E-state index >= 15 is 0 Å². The third-order valence-corrected chi connectivity index (χ3v) is 6.72. The number of fused-ring (bicyclic) bond motifs is 1. The van der Waals surface area contributed by atoms with Gasteiger partial charge < -0.3 is 20.7 Å². The molecule has 1 saturated heterocycles. The first-order valence-electron chi connectivity index (χ1n) is 11.5. The van der Waals surface area contributed by atoms with E-state index in [9.17, 15) is 4.79 Å². The number of ether oxygens (including phenoxy) is 1. The number of aromatic nitrogens is 3. The van der Waals surface area contributed by atoms with Crippen molar-refractivity contribution in [2.75, 3.05) is 18.4 Å². The summed E-state index contributed by atoms with van der Waals surface area (Å²) in [5.41, 5.74) is 1.19. The highest BCUT2D eigenvalue weighted by molar-refractivity contribution is 8.06. The number of H-pyrrole nitrogens is 1. The van der Waals surface area contributed by atoms with Gasteiger partial charge in [-0.15, -0.1) is 0 Å². The van der Waals surface area contributed by atoms with E-state index in [0.29, 0.717) is 33.8 Å². The van der Waals surface area contributed by atoms with Crippen molar-refractivity contribution < 1.29 is 9.53 Å². The van der Waals surface area contributed by atoms with Crippen LogP contribution in [0.1, 0.15) is 43.5 Å². The molecule has 4 rings (SSSR count). The van der Waals surface area contributed by atoms with E-state index in [1.165, 1.54) is 11.8 Å². The number of carbonyl (C=O) groups excluding carboxylic acids is 1. The molecule has 9 heteroatoms. The molecule has 1 atom stereocenters. The molecule has 3 heterocycles. The Bertz CT molecular complexity index is 1180. The van der Waals surface area contributed by atoms with Crippen LogP contribution in [0.4, 0.5) is 5.82 Å². The fourth-order valence-electron chi connectivity index (χ4n) is 3.80. The zero-order chi connectivity index (χ0) is 23.9. The average molecular weight is 479 g/mol. The van der Waals surface area contributed by atoms with Gasteiger partial charge in [0.25, 0.3) is 5.91 Å².